The molecule has 1 saturated heterocycles. The van der Waals surface area contributed by atoms with Crippen LogP contribution in [-0.2, 0) is 6.42 Å². The summed E-state index contributed by atoms with van der Waals surface area (Å²) in [5, 5.41) is 0. The first kappa shape index (κ1) is 15.6. The van der Waals surface area contributed by atoms with Crippen LogP contribution in [0.5, 0.6) is 5.88 Å². The average Bonchev–Trinajstić information content (AvgIpc) is 2.56. The molecule has 2 aromatic heterocycles. The van der Waals surface area contributed by atoms with Crippen molar-refractivity contribution in [2.45, 2.75) is 6.42 Å². The van der Waals surface area contributed by atoms with E-state index in [2.05, 4.69) is 38.9 Å². The highest BCUT2D eigenvalue weighted by atomic mass is 16.5. The van der Waals surface area contributed by atoms with Crippen molar-refractivity contribution in [3.8, 4) is 5.88 Å². The van der Waals surface area contributed by atoms with E-state index in [4.69, 9.17) is 10.5 Å². The largest absolute Gasteiger partial charge is 0.481 e. The van der Waals surface area contributed by atoms with Gasteiger partial charge in [0, 0.05) is 43.9 Å². The summed E-state index contributed by atoms with van der Waals surface area (Å²) in [6.45, 7) is 4.09. The minimum Gasteiger partial charge on any atom is -0.481 e. The van der Waals surface area contributed by atoms with E-state index < -0.39 is 0 Å². The summed E-state index contributed by atoms with van der Waals surface area (Å²) < 4.78 is 5.49. The molecule has 3 heterocycles. The average molecular weight is 313 g/mol. The van der Waals surface area contributed by atoms with Crippen LogP contribution in [0.2, 0.25) is 0 Å². The van der Waals surface area contributed by atoms with E-state index in [1.165, 1.54) is 0 Å². The standard InChI is InChI=1S/C17H23N5O/c1-21-8-10-22(11-9-21)16-7-6-13(17(20-16)23-2)12-14-4-3-5-15(18)19-14/h3-7H,8-12H2,1-2H3,(H2,18,19). The summed E-state index contributed by atoms with van der Waals surface area (Å²) >= 11 is 0. The molecule has 0 amide bonds. The van der Waals surface area contributed by atoms with Gasteiger partial charge in [-0.2, -0.15) is 4.98 Å². The molecule has 2 aromatic rings. The third kappa shape index (κ3) is 3.71. The van der Waals surface area contributed by atoms with E-state index in [-0.39, 0.29) is 0 Å². The van der Waals surface area contributed by atoms with Crippen LogP contribution in [0.15, 0.2) is 30.3 Å². The highest BCUT2D eigenvalue weighted by Crippen LogP contribution is 2.24. The molecule has 1 aliphatic rings. The summed E-state index contributed by atoms with van der Waals surface area (Å²) in [6, 6.07) is 9.80. The topological polar surface area (TPSA) is 67.5 Å². The first-order valence-corrected chi connectivity index (χ1v) is 7.84. The van der Waals surface area contributed by atoms with Crippen molar-refractivity contribution in [3.63, 3.8) is 0 Å². The lowest BCUT2D eigenvalue weighted by atomic mass is 10.1. The van der Waals surface area contributed by atoms with Gasteiger partial charge in [0.2, 0.25) is 5.88 Å². The lowest BCUT2D eigenvalue weighted by Crippen LogP contribution is -2.44. The van der Waals surface area contributed by atoms with Crippen molar-refractivity contribution in [1.82, 2.24) is 14.9 Å². The van der Waals surface area contributed by atoms with Crippen molar-refractivity contribution >= 4 is 11.6 Å². The molecule has 6 nitrogen and oxygen atoms in total. The molecular formula is C17H23N5O. The Bertz CT molecular complexity index is 668. The smallest absolute Gasteiger partial charge is 0.218 e. The van der Waals surface area contributed by atoms with Crippen LogP contribution in [0, 0.1) is 0 Å². The zero-order valence-corrected chi connectivity index (χ0v) is 13.7. The van der Waals surface area contributed by atoms with Gasteiger partial charge in [0.25, 0.3) is 0 Å². The molecule has 3 rings (SSSR count). The molecule has 6 heteroatoms. The number of pyridine rings is 2. The Morgan fingerprint density at radius 2 is 1.87 bits per heavy atom. The monoisotopic (exact) mass is 313 g/mol. The van der Waals surface area contributed by atoms with Gasteiger partial charge in [-0.1, -0.05) is 6.07 Å². The van der Waals surface area contributed by atoms with Gasteiger partial charge in [0.05, 0.1) is 7.11 Å². The van der Waals surface area contributed by atoms with Gasteiger partial charge < -0.3 is 20.3 Å². The third-order valence-electron chi connectivity index (χ3n) is 4.14. The van der Waals surface area contributed by atoms with Crippen molar-refractivity contribution in [2.75, 3.05) is 51.0 Å². The van der Waals surface area contributed by atoms with Crippen molar-refractivity contribution in [1.29, 1.82) is 0 Å². The fraction of sp³-hybridized carbons (Fsp3) is 0.412. The molecular weight excluding hydrogens is 290 g/mol. The number of ether oxygens (including phenoxy) is 1. The van der Waals surface area contributed by atoms with Crippen molar-refractivity contribution in [2.24, 2.45) is 0 Å². The van der Waals surface area contributed by atoms with Gasteiger partial charge in [0.15, 0.2) is 0 Å². The van der Waals surface area contributed by atoms with Crippen LogP contribution in [0.4, 0.5) is 11.6 Å². The maximum absolute atomic E-state index is 5.75. The maximum Gasteiger partial charge on any atom is 0.218 e. The molecule has 0 atom stereocenters. The van der Waals surface area contributed by atoms with Crippen LogP contribution < -0.4 is 15.4 Å². The number of rotatable bonds is 4. The van der Waals surface area contributed by atoms with Gasteiger partial charge in [-0.15, -0.1) is 0 Å². The molecule has 122 valence electrons. The maximum atomic E-state index is 5.75. The zero-order chi connectivity index (χ0) is 16.2. The van der Waals surface area contributed by atoms with Gasteiger partial charge in [-0.25, -0.2) is 4.98 Å². The molecule has 2 N–H and O–H groups in total. The zero-order valence-electron chi connectivity index (χ0n) is 13.7. The summed E-state index contributed by atoms with van der Waals surface area (Å²) in [6.07, 6.45) is 0.657. The highest BCUT2D eigenvalue weighted by molar-refractivity contribution is 5.45. The van der Waals surface area contributed by atoms with Crippen LogP contribution in [0.3, 0.4) is 0 Å². The molecule has 1 fully saturated rings. The van der Waals surface area contributed by atoms with Crippen molar-refractivity contribution in [3.05, 3.63) is 41.6 Å². The molecule has 0 saturated carbocycles. The SMILES string of the molecule is COc1nc(N2CCN(C)CC2)ccc1Cc1cccc(N)n1. The van der Waals surface area contributed by atoms with Gasteiger partial charge in [-0.05, 0) is 31.3 Å². The molecule has 0 unspecified atom stereocenters. The number of nitrogens with zero attached hydrogens (tertiary/aromatic N) is 4. The number of likely N-dealkylation sites (N-methyl/N-ethyl adjacent to an activating group) is 1. The minimum absolute atomic E-state index is 0.531. The predicted molar refractivity (Wildman–Crippen MR) is 92.0 cm³/mol. The molecule has 0 aliphatic carbocycles. The molecule has 0 bridgehead atoms. The summed E-state index contributed by atoms with van der Waals surface area (Å²) in [5.41, 5.74) is 7.68. The number of aromatic nitrogens is 2. The Hall–Kier alpha value is -2.34. The first-order valence-electron chi connectivity index (χ1n) is 7.84. The second-order valence-electron chi connectivity index (χ2n) is 5.86. The molecule has 0 aromatic carbocycles. The fourth-order valence-electron chi connectivity index (χ4n) is 2.77. The second kappa shape index (κ2) is 6.83. The number of anilines is 2. The van der Waals surface area contributed by atoms with Crippen LogP contribution in [0.25, 0.3) is 0 Å². The molecule has 0 spiro atoms. The van der Waals surface area contributed by atoms with Crippen molar-refractivity contribution < 1.29 is 4.74 Å². The Labute approximate surface area is 136 Å². The van der Waals surface area contributed by atoms with E-state index >= 15 is 0 Å². The molecule has 0 radical (unpaired) electrons. The molecule has 1 aliphatic heterocycles. The lowest BCUT2D eigenvalue weighted by molar-refractivity contribution is 0.311. The number of methoxy groups -OCH3 is 1. The predicted octanol–water partition coefficient (Wildman–Crippen LogP) is 1.41. The summed E-state index contributed by atoms with van der Waals surface area (Å²) in [4.78, 5) is 13.7. The lowest BCUT2D eigenvalue weighted by Gasteiger charge is -2.33. The summed E-state index contributed by atoms with van der Waals surface area (Å²) in [7, 11) is 3.80. The number of nitrogen functional groups attached to an aromatic ring is 1. The fourth-order valence-corrected chi connectivity index (χ4v) is 2.77. The number of hydrogen-bond acceptors (Lipinski definition) is 6. The minimum atomic E-state index is 0.531. The van der Waals surface area contributed by atoms with Gasteiger partial charge >= 0.3 is 0 Å². The van der Waals surface area contributed by atoms with E-state index in [9.17, 15) is 0 Å². The summed E-state index contributed by atoms with van der Waals surface area (Å²) in [5.74, 6) is 2.16. The Morgan fingerprint density at radius 3 is 2.57 bits per heavy atom. The number of nitrogens with two attached hydrogens (primary N) is 1. The third-order valence-corrected chi connectivity index (χ3v) is 4.14. The number of hydrogen-bond donors (Lipinski definition) is 1. The highest BCUT2D eigenvalue weighted by Gasteiger charge is 2.17. The van der Waals surface area contributed by atoms with Gasteiger partial charge in [-0.3, -0.25) is 0 Å². The Balaban J connectivity index is 1.79. The van der Waals surface area contributed by atoms with E-state index in [0.29, 0.717) is 18.1 Å². The number of piperazine rings is 1. The Morgan fingerprint density at radius 1 is 1.09 bits per heavy atom. The normalized spacial score (nSPS) is 15.7. The van der Waals surface area contributed by atoms with Gasteiger partial charge in [0.1, 0.15) is 11.6 Å². The second-order valence-corrected chi connectivity index (χ2v) is 5.86. The van der Waals surface area contributed by atoms with E-state index in [1.54, 1.807) is 13.2 Å². The van der Waals surface area contributed by atoms with E-state index in [1.807, 2.05) is 12.1 Å². The van der Waals surface area contributed by atoms with E-state index in [0.717, 1.165) is 43.3 Å². The van der Waals surface area contributed by atoms with Crippen LogP contribution in [-0.4, -0.2) is 55.2 Å². The van der Waals surface area contributed by atoms with Crippen LogP contribution >= 0.6 is 0 Å². The Kier molecular flexibility index (Phi) is 4.62. The first-order chi connectivity index (χ1) is 11.2. The molecule has 23 heavy (non-hydrogen) atoms. The quantitative estimate of drug-likeness (QED) is 0.920. The van der Waals surface area contributed by atoms with Crippen LogP contribution in [0.1, 0.15) is 11.3 Å².